The van der Waals surface area contributed by atoms with E-state index >= 15 is 0 Å². The molecule has 0 amide bonds. The van der Waals surface area contributed by atoms with E-state index < -0.39 is 0 Å². The smallest absolute Gasteiger partial charge is 0.183 e. The molecule has 3 rings (SSSR count). The van der Waals surface area contributed by atoms with Gasteiger partial charge in [-0.15, -0.1) is 0 Å². The van der Waals surface area contributed by atoms with E-state index in [0.29, 0.717) is 17.6 Å². The highest BCUT2D eigenvalue weighted by atomic mass is 15.3. The van der Waals surface area contributed by atoms with Crippen molar-refractivity contribution in [2.75, 3.05) is 17.8 Å². The molecule has 0 spiro atoms. The number of nitrogen functional groups attached to an aromatic ring is 1. The predicted octanol–water partition coefficient (Wildman–Crippen LogP) is 1.08. The molecule has 19 heavy (non-hydrogen) atoms. The van der Waals surface area contributed by atoms with Crippen molar-refractivity contribution < 1.29 is 0 Å². The number of hydrogen-bond acceptors (Lipinski definition) is 6. The van der Waals surface area contributed by atoms with Gasteiger partial charge < -0.3 is 10.7 Å². The number of aryl methyl sites for hydroxylation is 1. The Morgan fingerprint density at radius 1 is 1.37 bits per heavy atom. The molecule has 1 fully saturated rings. The van der Waals surface area contributed by atoms with Gasteiger partial charge in [-0.1, -0.05) is 0 Å². The first kappa shape index (κ1) is 11.9. The zero-order valence-electron chi connectivity index (χ0n) is 11.0. The highest BCUT2D eigenvalue weighted by Gasteiger charge is 2.27. The van der Waals surface area contributed by atoms with Gasteiger partial charge in [0.1, 0.15) is 5.69 Å². The summed E-state index contributed by atoms with van der Waals surface area (Å²) in [7, 11) is 3.71. The van der Waals surface area contributed by atoms with Crippen LogP contribution in [-0.2, 0) is 7.05 Å². The fourth-order valence-electron chi connectivity index (χ4n) is 2.10. The quantitative estimate of drug-likeness (QED) is 0.562. The standard InChI is InChI=1S/C12H17N7/c1-14-11-12(17-13)15-6-9(16-11)10-5-8(7-3-4-7)18-19(10)2/h5-7H,3-4,13H2,1-2H3,(H,14,16)(H,15,17). The molecule has 2 aromatic heterocycles. The van der Waals surface area contributed by atoms with Crippen LogP contribution in [0.5, 0.6) is 0 Å². The fraction of sp³-hybridized carbons (Fsp3) is 0.417. The minimum atomic E-state index is 0.524. The van der Waals surface area contributed by atoms with Gasteiger partial charge in [-0.3, -0.25) is 4.68 Å². The van der Waals surface area contributed by atoms with E-state index in [1.807, 2.05) is 11.7 Å². The van der Waals surface area contributed by atoms with Crippen LogP contribution in [0.15, 0.2) is 12.3 Å². The van der Waals surface area contributed by atoms with Gasteiger partial charge in [-0.25, -0.2) is 15.8 Å². The Balaban J connectivity index is 2.01. The summed E-state index contributed by atoms with van der Waals surface area (Å²) < 4.78 is 1.85. The molecule has 7 heteroatoms. The number of aromatic nitrogens is 4. The highest BCUT2D eigenvalue weighted by molar-refractivity contribution is 5.64. The van der Waals surface area contributed by atoms with E-state index in [1.54, 1.807) is 13.2 Å². The SMILES string of the molecule is CNc1nc(-c2cc(C3CC3)nn2C)cnc1NN. The minimum Gasteiger partial charge on any atom is -0.370 e. The van der Waals surface area contributed by atoms with Gasteiger partial charge in [0, 0.05) is 20.0 Å². The molecule has 7 nitrogen and oxygen atoms in total. The van der Waals surface area contributed by atoms with Crippen molar-refractivity contribution >= 4 is 11.6 Å². The van der Waals surface area contributed by atoms with Crippen LogP contribution in [0, 0.1) is 0 Å². The minimum absolute atomic E-state index is 0.524. The molecule has 0 aliphatic heterocycles. The summed E-state index contributed by atoms with van der Waals surface area (Å²) >= 11 is 0. The third-order valence-corrected chi connectivity index (χ3v) is 3.30. The third kappa shape index (κ3) is 2.12. The van der Waals surface area contributed by atoms with E-state index in [0.717, 1.165) is 17.1 Å². The zero-order valence-corrected chi connectivity index (χ0v) is 11.0. The molecule has 0 saturated heterocycles. The van der Waals surface area contributed by atoms with Crippen molar-refractivity contribution in [3.63, 3.8) is 0 Å². The molecule has 100 valence electrons. The van der Waals surface area contributed by atoms with Crippen LogP contribution in [0.25, 0.3) is 11.4 Å². The first-order valence-electron chi connectivity index (χ1n) is 6.28. The molecule has 2 heterocycles. The fourth-order valence-corrected chi connectivity index (χ4v) is 2.10. The first-order chi connectivity index (χ1) is 9.22. The van der Waals surface area contributed by atoms with Crippen molar-refractivity contribution in [3.8, 4) is 11.4 Å². The third-order valence-electron chi connectivity index (χ3n) is 3.30. The topological polar surface area (TPSA) is 93.7 Å². The summed E-state index contributed by atoms with van der Waals surface area (Å²) in [5.41, 5.74) is 5.41. The van der Waals surface area contributed by atoms with E-state index in [1.165, 1.54) is 12.8 Å². The monoisotopic (exact) mass is 259 g/mol. The second-order valence-corrected chi connectivity index (χ2v) is 4.70. The lowest BCUT2D eigenvalue weighted by molar-refractivity contribution is 0.748. The average molecular weight is 259 g/mol. The maximum Gasteiger partial charge on any atom is 0.183 e. The zero-order chi connectivity index (χ0) is 13.4. The molecule has 1 saturated carbocycles. The Morgan fingerprint density at radius 2 is 2.16 bits per heavy atom. The van der Waals surface area contributed by atoms with Crippen LogP contribution in [0.2, 0.25) is 0 Å². The summed E-state index contributed by atoms with van der Waals surface area (Å²) in [6.07, 6.45) is 4.17. The Hall–Kier alpha value is -2.15. The molecule has 1 aliphatic carbocycles. The predicted molar refractivity (Wildman–Crippen MR) is 73.6 cm³/mol. The van der Waals surface area contributed by atoms with Crippen LogP contribution >= 0.6 is 0 Å². The van der Waals surface area contributed by atoms with Crippen LogP contribution in [0.3, 0.4) is 0 Å². The van der Waals surface area contributed by atoms with Crippen LogP contribution in [0.4, 0.5) is 11.6 Å². The average Bonchev–Trinajstić information content (AvgIpc) is 3.21. The summed E-state index contributed by atoms with van der Waals surface area (Å²) in [5.74, 6) is 7.16. The first-order valence-corrected chi connectivity index (χ1v) is 6.28. The molecular weight excluding hydrogens is 242 g/mol. The maximum atomic E-state index is 5.39. The van der Waals surface area contributed by atoms with Crippen molar-refractivity contribution in [1.82, 2.24) is 19.7 Å². The summed E-state index contributed by atoms with van der Waals surface area (Å²) in [6, 6.07) is 2.09. The Morgan fingerprint density at radius 3 is 2.79 bits per heavy atom. The van der Waals surface area contributed by atoms with E-state index in [-0.39, 0.29) is 0 Å². The lowest BCUT2D eigenvalue weighted by Gasteiger charge is -2.08. The number of rotatable bonds is 4. The van der Waals surface area contributed by atoms with Gasteiger partial charge in [0.15, 0.2) is 11.6 Å². The van der Waals surface area contributed by atoms with Gasteiger partial charge in [0.25, 0.3) is 0 Å². The maximum absolute atomic E-state index is 5.39. The summed E-state index contributed by atoms with van der Waals surface area (Å²) in [6.45, 7) is 0. The number of hydrogen-bond donors (Lipinski definition) is 3. The lowest BCUT2D eigenvalue weighted by atomic mass is 10.2. The number of nitrogens with zero attached hydrogens (tertiary/aromatic N) is 4. The van der Waals surface area contributed by atoms with E-state index in [2.05, 4.69) is 31.9 Å². The Bertz CT molecular complexity index is 600. The Labute approximate surface area is 111 Å². The molecular formula is C12H17N7. The molecule has 0 atom stereocenters. The van der Waals surface area contributed by atoms with Gasteiger partial charge in [-0.05, 0) is 18.9 Å². The van der Waals surface area contributed by atoms with Gasteiger partial charge >= 0.3 is 0 Å². The van der Waals surface area contributed by atoms with Crippen molar-refractivity contribution in [3.05, 3.63) is 18.0 Å². The molecule has 4 N–H and O–H groups in total. The lowest BCUT2D eigenvalue weighted by Crippen LogP contribution is -2.12. The van der Waals surface area contributed by atoms with Gasteiger partial charge in [-0.2, -0.15) is 5.10 Å². The molecule has 0 bridgehead atoms. The number of anilines is 2. The number of hydrazine groups is 1. The molecule has 0 aromatic carbocycles. The number of nitrogens with two attached hydrogens (primary N) is 1. The molecule has 2 aromatic rings. The molecule has 1 aliphatic rings. The van der Waals surface area contributed by atoms with Crippen molar-refractivity contribution in [2.24, 2.45) is 12.9 Å². The van der Waals surface area contributed by atoms with Crippen molar-refractivity contribution in [1.29, 1.82) is 0 Å². The van der Waals surface area contributed by atoms with Crippen molar-refractivity contribution in [2.45, 2.75) is 18.8 Å². The Kier molecular flexibility index (Phi) is 2.83. The summed E-state index contributed by atoms with van der Waals surface area (Å²) in [5, 5.41) is 7.51. The van der Waals surface area contributed by atoms with Gasteiger partial charge in [0.05, 0.1) is 17.6 Å². The van der Waals surface area contributed by atoms with E-state index in [9.17, 15) is 0 Å². The normalized spacial score (nSPS) is 14.5. The largest absolute Gasteiger partial charge is 0.370 e. The van der Waals surface area contributed by atoms with Crippen LogP contribution in [0.1, 0.15) is 24.5 Å². The second-order valence-electron chi connectivity index (χ2n) is 4.70. The van der Waals surface area contributed by atoms with Gasteiger partial charge in [0.2, 0.25) is 0 Å². The van der Waals surface area contributed by atoms with E-state index in [4.69, 9.17) is 5.84 Å². The number of nitrogens with one attached hydrogen (secondary N) is 2. The van der Waals surface area contributed by atoms with Crippen LogP contribution < -0.4 is 16.6 Å². The molecule has 0 unspecified atom stereocenters. The second kappa shape index (κ2) is 4.51. The summed E-state index contributed by atoms with van der Waals surface area (Å²) in [4.78, 5) is 8.76. The van der Waals surface area contributed by atoms with Crippen LogP contribution in [-0.4, -0.2) is 26.8 Å². The highest BCUT2D eigenvalue weighted by Crippen LogP contribution is 2.40. The molecule has 0 radical (unpaired) electrons.